The van der Waals surface area contributed by atoms with Gasteiger partial charge in [0.05, 0.1) is 12.2 Å². The van der Waals surface area contributed by atoms with E-state index in [0.717, 1.165) is 11.1 Å². The first kappa shape index (κ1) is 20.4. The van der Waals surface area contributed by atoms with Crippen molar-refractivity contribution in [1.82, 2.24) is 4.90 Å². The van der Waals surface area contributed by atoms with Crippen LogP contribution in [0, 0.1) is 18.8 Å². The Kier molecular flexibility index (Phi) is 4.63. The normalized spacial score (nSPS) is 28.2. The van der Waals surface area contributed by atoms with E-state index in [1.54, 1.807) is 5.32 Å². The number of aryl methyl sites for hydroxylation is 1. The van der Waals surface area contributed by atoms with Gasteiger partial charge < -0.3 is 20.5 Å². The molecular weight excluding hydrogens is 410 g/mol. The van der Waals surface area contributed by atoms with Crippen LogP contribution in [0.3, 0.4) is 0 Å². The van der Waals surface area contributed by atoms with Gasteiger partial charge in [-0.1, -0.05) is 48.5 Å². The highest BCUT2D eigenvalue weighted by Gasteiger charge is 2.74. The number of fused-ring (bicyclic) bond motifs is 4. The third kappa shape index (κ3) is 2.79. The number of nitrogens with two attached hydrogens (primary N) is 1. The number of para-hydroxylation sites is 1. The fraction of sp³-hybridized carbons (Fsp3) is 0.333. The smallest absolute Gasteiger partial charge is 0.291 e. The monoisotopic (exact) mass is 433 g/mol. The lowest BCUT2D eigenvalue weighted by molar-refractivity contribution is -0.734. The molecule has 3 amide bonds. The molecule has 0 aromatic heterocycles. The number of anilines is 1. The summed E-state index contributed by atoms with van der Waals surface area (Å²) in [5.41, 5.74) is 1.73. The number of amides is 3. The van der Waals surface area contributed by atoms with E-state index in [9.17, 15) is 24.3 Å². The average Bonchev–Trinajstić information content (AvgIpc) is 3.35. The molecule has 164 valence electrons. The van der Waals surface area contributed by atoms with E-state index in [2.05, 4.69) is 5.32 Å². The summed E-state index contributed by atoms with van der Waals surface area (Å²) in [5.74, 6) is -3.97. The number of hydrogen-bond acceptors (Lipinski definition) is 5. The lowest BCUT2D eigenvalue weighted by atomic mass is 9.76. The van der Waals surface area contributed by atoms with E-state index in [-0.39, 0.29) is 37.1 Å². The van der Waals surface area contributed by atoms with Gasteiger partial charge in [-0.05, 0) is 24.5 Å². The van der Waals surface area contributed by atoms with Crippen molar-refractivity contribution in [2.24, 2.45) is 11.8 Å². The maximum Gasteiger partial charge on any atom is 0.291 e. The Morgan fingerprint density at radius 1 is 1.09 bits per heavy atom. The molecule has 8 nitrogen and oxygen atoms in total. The largest absolute Gasteiger partial charge is 0.550 e. The maximum absolute atomic E-state index is 13.7. The molecule has 3 aliphatic rings. The average molecular weight is 433 g/mol. The lowest BCUT2D eigenvalue weighted by Gasteiger charge is -2.26. The molecule has 4 atom stereocenters. The Labute approximate surface area is 184 Å². The van der Waals surface area contributed by atoms with Gasteiger partial charge in [0.25, 0.3) is 5.91 Å². The summed E-state index contributed by atoms with van der Waals surface area (Å²) in [6.45, 7) is 2.00. The zero-order valence-electron chi connectivity index (χ0n) is 17.5. The number of carbonyl (C=O) groups is 4. The zero-order chi connectivity index (χ0) is 22.6. The highest BCUT2D eigenvalue weighted by atomic mass is 16.4. The highest BCUT2D eigenvalue weighted by Crippen LogP contribution is 2.50. The number of nitrogens with zero attached hydrogens (tertiary/aromatic N) is 1. The summed E-state index contributed by atoms with van der Waals surface area (Å²) in [6.07, 6.45) is -0.110. The van der Waals surface area contributed by atoms with Crippen molar-refractivity contribution in [2.45, 2.75) is 37.9 Å². The van der Waals surface area contributed by atoms with Crippen LogP contribution < -0.4 is 15.7 Å². The number of carbonyl (C=O) groups excluding carboxylic acids is 4. The van der Waals surface area contributed by atoms with Gasteiger partial charge in [0.2, 0.25) is 17.4 Å². The minimum absolute atomic E-state index is 0.122. The first-order valence-corrected chi connectivity index (χ1v) is 10.7. The zero-order valence-corrected chi connectivity index (χ0v) is 17.5. The number of benzene rings is 2. The van der Waals surface area contributed by atoms with E-state index in [0.29, 0.717) is 11.3 Å². The highest BCUT2D eigenvalue weighted by molar-refractivity contribution is 6.14. The van der Waals surface area contributed by atoms with E-state index in [1.165, 1.54) is 4.90 Å². The molecule has 0 saturated carbocycles. The molecule has 3 aliphatic heterocycles. The molecule has 0 aliphatic carbocycles. The summed E-state index contributed by atoms with van der Waals surface area (Å²) < 4.78 is 0. The second-order valence-electron chi connectivity index (χ2n) is 8.81. The fourth-order valence-electron chi connectivity index (χ4n) is 5.67. The SMILES string of the molecule is Cc1cccc2c1NC(=O)[C@]21[NH2+][C@H](CCC(=O)[O-])[C@H]2C(=O)N(Cc3ccccc3)C(=O)[C@H]21. The Morgan fingerprint density at radius 2 is 1.84 bits per heavy atom. The van der Waals surface area contributed by atoms with Crippen LogP contribution in [0.25, 0.3) is 0 Å². The van der Waals surface area contributed by atoms with Gasteiger partial charge in [-0.2, -0.15) is 0 Å². The van der Waals surface area contributed by atoms with Gasteiger partial charge in [-0.15, -0.1) is 0 Å². The van der Waals surface area contributed by atoms with Crippen molar-refractivity contribution >= 4 is 29.4 Å². The second-order valence-corrected chi connectivity index (χ2v) is 8.81. The predicted octanol–water partition coefficient (Wildman–Crippen LogP) is -0.580. The van der Waals surface area contributed by atoms with Gasteiger partial charge in [0, 0.05) is 18.0 Å². The molecule has 1 spiro atoms. The summed E-state index contributed by atoms with van der Waals surface area (Å²) in [5, 5.41) is 15.8. The molecule has 2 aromatic rings. The van der Waals surface area contributed by atoms with Gasteiger partial charge in [-0.25, -0.2) is 0 Å². The molecule has 2 fully saturated rings. The Hall–Kier alpha value is -3.52. The molecule has 2 aromatic carbocycles. The summed E-state index contributed by atoms with van der Waals surface area (Å²) in [7, 11) is 0. The van der Waals surface area contributed by atoms with Crippen molar-refractivity contribution < 1.29 is 29.6 Å². The summed E-state index contributed by atoms with van der Waals surface area (Å²) in [6, 6.07) is 14.2. The van der Waals surface area contributed by atoms with Crippen LogP contribution in [0.2, 0.25) is 0 Å². The number of carboxylic acid groups (broad SMARTS) is 1. The number of nitrogens with one attached hydrogen (secondary N) is 1. The van der Waals surface area contributed by atoms with Crippen LogP contribution >= 0.6 is 0 Å². The standard InChI is InChI=1S/C24H23N3O5/c1-13-6-5-9-15-20(13)25-23(32)24(15)19-18(16(26-24)10-11-17(28)29)21(30)27(22(19)31)12-14-7-3-2-4-8-14/h2-9,16,18-19,26H,10-12H2,1H3,(H,25,32)(H,28,29)/t16-,18-,19+,24+/m1/s1. The molecule has 3 N–H and O–H groups in total. The molecular formula is C24H23N3O5. The molecule has 3 heterocycles. The van der Waals surface area contributed by atoms with Gasteiger partial charge in [0.15, 0.2) is 0 Å². The minimum Gasteiger partial charge on any atom is -0.550 e. The molecule has 32 heavy (non-hydrogen) atoms. The van der Waals surface area contributed by atoms with Crippen molar-refractivity contribution in [3.63, 3.8) is 0 Å². The third-order valence-corrected chi connectivity index (χ3v) is 7.07. The number of quaternary nitrogens is 1. The Balaban J connectivity index is 1.60. The first-order valence-electron chi connectivity index (χ1n) is 10.7. The van der Waals surface area contributed by atoms with E-state index in [4.69, 9.17) is 0 Å². The Bertz CT molecular complexity index is 1150. The fourth-order valence-corrected chi connectivity index (χ4v) is 5.67. The molecule has 0 unspecified atom stereocenters. The minimum atomic E-state index is -1.29. The molecule has 2 saturated heterocycles. The van der Waals surface area contributed by atoms with Crippen LogP contribution in [-0.2, 0) is 31.3 Å². The number of carboxylic acids is 1. The molecule has 5 rings (SSSR count). The number of aliphatic carboxylic acids is 1. The van der Waals surface area contributed by atoms with Gasteiger partial charge in [0.1, 0.15) is 17.9 Å². The maximum atomic E-state index is 13.7. The van der Waals surface area contributed by atoms with Crippen LogP contribution in [0.15, 0.2) is 48.5 Å². The third-order valence-electron chi connectivity index (χ3n) is 7.07. The first-order chi connectivity index (χ1) is 15.3. The summed E-state index contributed by atoms with van der Waals surface area (Å²) in [4.78, 5) is 52.9. The van der Waals surface area contributed by atoms with E-state index in [1.807, 2.05) is 55.5 Å². The number of likely N-dealkylation sites (tertiary alicyclic amines) is 1. The molecule has 8 heteroatoms. The summed E-state index contributed by atoms with van der Waals surface area (Å²) >= 11 is 0. The quantitative estimate of drug-likeness (QED) is 0.611. The van der Waals surface area contributed by atoms with Crippen molar-refractivity contribution in [1.29, 1.82) is 0 Å². The molecule has 0 radical (unpaired) electrons. The second kappa shape index (κ2) is 7.27. The Morgan fingerprint density at radius 3 is 2.56 bits per heavy atom. The van der Waals surface area contributed by atoms with Crippen molar-refractivity contribution in [2.75, 3.05) is 5.32 Å². The number of rotatable bonds is 5. The topological polar surface area (TPSA) is 123 Å². The molecule has 0 bridgehead atoms. The van der Waals surface area contributed by atoms with Crippen LogP contribution in [0.5, 0.6) is 0 Å². The number of imide groups is 1. The number of hydrogen-bond donors (Lipinski definition) is 2. The lowest BCUT2D eigenvalue weighted by Crippen LogP contribution is -2.99. The van der Waals surface area contributed by atoms with Crippen LogP contribution in [0.1, 0.15) is 29.5 Å². The van der Waals surface area contributed by atoms with Crippen molar-refractivity contribution in [3.05, 3.63) is 65.2 Å². The predicted molar refractivity (Wildman–Crippen MR) is 110 cm³/mol. The van der Waals surface area contributed by atoms with Crippen LogP contribution in [0.4, 0.5) is 5.69 Å². The van der Waals surface area contributed by atoms with Crippen molar-refractivity contribution in [3.8, 4) is 0 Å². The van der Waals surface area contributed by atoms with E-state index >= 15 is 0 Å². The van der Waals surface area contributed by atoms with E-state index < -0.39 is 29.4 Å². The van der Waals surface area contributed by atoms with Gasteiger partial charge in [-0.3, -0.25) is 19.3 Å². The van der Waals surface area contributed by atoms with Crippen LogP contribution in [-0.4, -0.2) is 34.6 Å². The van der Waals surface area contributed by atoms with Gasteiger partial charge >= 0.3 is 0 Å².